The molecular weight excluding hydrogens is 382 g/mol. The number of esters is 1. The monoisotopic (exact) mass is 407 g/mol. The van der Waals surface area contributed by atoms with Gasteiger partial charge in [-0.05, 0) is 61.1 Å². The molecule has 1 heterocycles. The number of carbonyl (C=O) groups is 3. The molecule has 30 heavy (non-hydrogen) atoms. The molecule has 1 atom stereocenters. The molecule has 1 aliphatic heterocycles. The quantitative estimate of drug-likeness (QED) is 0.543. The Morgan fingerprint density at radius 3 is 2.70 bits per heavy atom. The topological polar surface area (TPSA) is 72.9 Å². The fraction of sp³-hybridized carbons (Fsp3) is 0.375. The van der Waals surface area contributed by atoms with Crippen molar-refractivity contribution in [2.24, 2.45) is 5.92 Å². The number of aryl methyl sites for hydroxylation is 3. The highest BCUT2D eigenvalue weighted by Gasteiger charge is 2.37. The number of rotatable bonds is 6. The maximum Gasteiger partial charge on any atom is 0.311 e. The third kappa shape index (κ3) is 3.95. The van der Waals surface area contributed by atoms with E-state index in [1.54, 1.807) is 24.1 Å². The van der Waals surface area contributed by atoms with Gasteiger partial charge in [0.15, 0.2) is 12.4 Å². The number of methoxy groups -OCH3 is 1. The number of ether oxygens (including phenoxy) is 2. The van der Waals surface area contributed by atoms with Gasteiger partial charge in [-0.3, -0.25) is 14.4 Å². The van der Waals surface area contributed by atoms with Gasteiger partial charge in [-0.15, -0.1) is 0 Å². The lowest BCUT2D eigenvalue weighted by molar-refractivity contribution is -0.147. The summed E-state index contributed by atoms with van der Waals surface area (Å²) in [5, 5.41) is 0. The smallest absolute Gasteiger partial charge is 0.311 e. The van der Waals surface area contributed by atoms with Crippen molar-refractivity contribution in [3.63, 3.8) is 0 Å². The minimum Gasteiger partial charge on any atom is -0.495 e. The van der Waals surface area contributed by atoms with Crippen LogP contribution in [0, 0.1) is 12.8 Å². The van der Waals surface area contributed by atoms with Gasteiger partial charge in [0.1, 0.15) is 5.75 Å². The van der Waals surface area contributed by atoms with E-state index in [0.29, 0.717) is 17.0 Å². The van der Waals surface area contributed by atoms with Crippen molar-refractivity contribution in [3.8, 4) is 5.75 Å². The molecule has 0 N–H and O–H groups in total. The minimum absolute atomic E-state index is 0.0585. The van der Waals surface area contributed by atoms with E-state index in [4.69, 9.17) is 9.47 Å². The van der Waals surface area contributed by atoms with Gasteiger partial charge in [0.25, 0.3) is 0 Å². The second kappa shape index (κ2) is 8.30. The number of ketones is 1. The Morgan fingerprint density at radius 2 is 1.90 bits per heavy atom. The molecule has 2 aromatic carbocycles. The highest BCUT2D eigenvalue weighted by molar-refractivity contribution is 6.01. The second-order valence-corrected chi connectivity index (χ2v) is 7.95. The average Bonchev–Trinajstić information content (AvgIpc) is 3.37. The predicted molar refractivity (Wildman–Crippen MR) is 112 cm³/mol. The summed E-state index contributed by atoms with van der Waals surface area (Å²) in [6.07, 6.45) is 3.21. The molecule has 0 unspecified atom stereocenters. The largest absolute Gasteiger partial charge is 0.495 e. The number of nitrogens with zero attached hydrogens (tertiary/aromatic N) is 1. The fourth-order valence-electron chi connectivity index (χ4n) is 4.19. The van der Waals surface area contributed by atoms with E-state index in [2.05, 4.69) is 0 Å². The molecule has 1 aliphatic carbocycles. The van der Waals surface area contributed by atoms with Crippen molar-refractivity contribution >= 4 is 23.3 Å². The lowest BCUT2D eigenvalue weighted by atomic mass is 10.0. The van der Waals surface area contributed by atoms with E-state index < -0.39 is 11.9 Å². The molecule has 6 heteroatoms. The molecule has 0 aromatic heterocycles. The Kier molecular flexibility index (Phi) is 5.57. The maximum atomic E-state index is 12.5. The molecule has 4 rings (SSSR count). The molecule has 2 aromatic rings. The first kappa shape index (κ1) is 20.1. The molecule has 0 spiro atoms. The Morgan fingerprint density at radius 1 is 1.10 bits per heavy atom. The summed E-state index contributed by atoms with van der Waals surface area (Å²) in [4.78, 5) is 39.1. The molecule has 1 saturated heterocycles. The van der Waals surface area contributed by atoms with Crippen LogP contribution in [0.15, 0.2) is 36.4 Å². The predicted octanol–water partition coefficient (Wildman–Crippen LogP) is 3.27. The van der Waals surface area contributed by atoms with E-state index in [1.807, 2.05) is 31.2 Å². The normalized spacial score (nSPS) is 17.7. The molecule has 0 saturated carbocycles. The van der Waals surface area contributed by atoms with Crippen LogP contribution in [0.1, 0.15) is 39.9 Å². The van der Waals surface area contributed by atoms with Crippen molar-refractivity contribution in [1.29, 1.82) is 0 Å². The first-order valence-electron chi connectivity index (χ1n) is 10.2. The van der Waals surface area contributed by atoms with Crippen molar-refractivity contribution < 1.29 is 23.9 Å². The number of amides is 1. The van der Waals surface area contributed by atoms with Crippen LogP contribution < -0.4 is 9.64 Å². The summed E-state index contributed by atoms with van der Waals surface area (Å²) >= 11 is 0. The number of hydrogen-bond donors (Lipinski definition) is 0. The highest BCUT2D eigenvalue weighted by atomic mass is 16.5. The maximum absolute atomic E-state index is 12.5. The van der Waals surface area contributed by atoms with Crippen LogP contribution >= 0.6 is 0 Å². The number of anilines is 1. The third-order valence-corrected chi connectivity index (χ3v) is 5.85. The van der Waals surface area contributed by atoms with Crippen LogP contribution in [-0.2, 0) is 27.2 Å². The first-order chi connectivity index (χ1) is 14.5. The lowest BCUT2D eigenvalue weighted by Crippen LogP contribution is -2.27. The Balaban J connectivity index is 1.38. The fourth-order valence-corrected chi connectivity index (χ4v) is 4.19. The second-order valence-electron chi connectivity index (χ2n) is 7.95. The SMILES string of the molecule is COc1ccc(C)cc1N1C[C@H](C(=O)OCC(=O)c2ccc3c(c2)CCC3)CC1=O. The van der Waals surface area contributed by atoms with Crippen LogP contribution in [0.4, 0.5) is 5.69 Å². The average molecular weight is 407 g/mol. The standard InChI is InChI=1S/C24H25NO5/c1-15-6-9-22(29-2)20(10-15)25-13-19(12-23(25)27)24(28)30-14-21(26)18-8-7-16-4-3-5-17(16)11-18/h6-11,19H,3-5,12-14H2,1-2H3/t19-/m1/s1. The van der Waals surface area contributed by atoms with Crippen LogP contribution in [0.5, 0.6) is 5.75 Å². The summed E-state index contributed by atoms with van der Waals surface area (Å²) in [5.41, 5.74) is 4.70. The van der Waals surface area contributed by atoms with Gasteiger partial charge in [0.05, 0.1) is 18.7 Å². The number of Topliss-reactive ketones (excluding diaryl/α,β-unsaturated/α-hetero) is 1. The van der Waals surface area contributed by atoms with Crippen molar-refractivity contribution in [2.45, 2.75) is 32.6 Å². The summed E-state index contributed by atoms with van der Waals surface area (Å²) in [5.74, 6) is -0.928. The summed E-state index contributed by atoms with van der Waals surface area (Å²) in [6, 6.07) is 11.3. The van der Waals surface area contributed by atoms with Crippen LogP contribution in [0.3, 0.4) is 0 Å². The molecule has 6 nitrogen and oxygen atoms in total. The van der Waals surface area contributed by atoms with Crippen molar-refractivity contribution in [2.75, 3.05) is 25.2 Å². The Bertz CT molecular complexity index is 1010. The third-order valence-electron chi connectivity index (χ3n) is 5.85. The van der Waals surface area contributed by atoms with E-state index in [1.165, 1.54) is 11.1 Å². The molecule has 1 fully saturated rings. The minimum atomic E-state index is -0.601. The van der Waals surface area contributed by atoms with Crippen molar-refractivity contribution in [3.05, 3.63) is 58.7 Å². The van der Waals surface area contributed by atoms with Crippen LogP contribution in [0.25, 0.3) is 0 Å². The van der Waals surface area contributed by atoms with Gasteiger partial charge in [-0.25, -0.2) is 0 Å². The molecule has 156 valence electrons. The number of carbonyl (C=O) groups excluding carboxylic acids is 3. The zero-order valence-electron chi connectivity index (χ0n) is 17.3. The molecule has 2 aliphatic rings. The Hall–Kier alpha value is -3.15. The molecule has 1 amide bonds. The van der Waals surface area contributed by atoms with Gasteiger partial charge >= 0.3 is 5.97 Å². The molecule has 0 radical (unpaired) electrons. The number of benzene rings is 2. The summed E-state index contributed by atoms with van der Waals surface area (Å²) < 4.78 is 10.6. The van der Waals surface area contributed by atoms with Gasteiger partial charge in [0.2, 0.25) is 5.91 Å². The van der Waals surface area contributed by atoms with E-state index in [-0.39, 0.29) is 31.3 Å². The lowest BCUT2D eigenvalue weighted by Gasteiger charge is -2.20. The number of hydrogen-bond acceptors (Lipinski definition) is 5. The van der Waals surface area contributed by atoms with E-state index in [9.17, 15) is 14.4 Å². The van der Waals surface area contributed by atoms with Gasteiger partial charge < -0.3 is 14.4 Å². The van der Waals surface area contributed by atoms with E-state index in [0.717, 1.165) is 24.8 Å². The summed E-state index contributed by atoms with van der Waals surface area (Å²) in [7, 11) is 1.55. The van der Waals surface area contributed by atoms with Crippen LogP contribution in [0.2, 0.25) is 0 Å². The first-order valence-corrected chi connectivity index (χ1v) is 10.2. The van der Waals surface area contributed by atoms with Gasteiger partial charge in [-0.2, -0.15) is 0 Å². The zero-order chi connectivity index (χ0) is 21.3. The summed E-state index contributed by atoms with van der Waals surface area (Å²) in [6.45, 7) is 1.83. The molecule has 0 bridgehead atoms. The van der Waals surface area contributed by atoms with E-state index >= 15 is 0 Å². The highest BCUT2D eigenvalue weighted by Crippen LogP contribution is 2.34. The molecular formula is C24H25NO5. The Labute approximate surface area is 175 Å². The van der Waals surface area contributed by atoms with Gasteiger partial charge in [0, 0.05) is 18.5 Å². The van der Waals surface area contributed by atoms with Gasteiger partial charge in [-0.1, -0.05) is 18.2 Å². The van der Waals surface area contributed by atoms with Crippen LogP contribution in [-0.4, -0.2) is 37.9 Å². The van der Waals surface area contributed by atoms with Crippen molar-refractivity contribution in [1.82, 2.24) is 0 Å². The zero-order valence-corrected chi connectivity index (χ0v) is 17.3. The number of fused-ring (bicyclic) bond motifs is 1.